The molecular formula is C16H28N2O2. The maximum Gasteiger partial charge on any atom is 0.223 e. The van der Waals surface area contributed by atoms with Gasteiger partial charge in [-0.05, 0) is 38.8 Å². The number of carbonyl (C=O) groups is 1. The maximum absolute atomic E-state index is 12.2. The molecule has 1 amide bonds. The van der Waals surface area contributed by atoms with Gasteiger partial charge in [0.2, 0.25) is 5.91 Å². The fourth-order valence-electron chi connectivity index (χ4n) is 2.68. The number of aliphatic hydroxyl groups excluding tert-OH is 1. The minimum absolute atomic E-state index is 0.0918. The topological polar surface area (TPSA) is 52.6 Å². The maximum atomic E-state index is 12.2. The molecule has 0 atom stereocenters. The zero-order valence-corrected chi connectivity index (χ0v) is 12.8. The van der Waals surface area contributed by atoms with E-state index in [-0.39, 0.29) is 23.8 Å². The predicted molar refractivity (Wildman–Crippen MR) is 81.1 cm³/mol. The minimum Gasteiger partial charge on any atom is -0.396 e. The summed E-state index contributed by atoms with van der Waals surface area (Å²) in [6, 6.07) is 0. The van der Waals surface area contributed by atoms with E-state index in [0.29, 0.717) is 13.1 Å². The number of nitrogens with one attached hydrogen (secondary N) is 1. The summed E-state index contributed by atoms with van der Waals surface area (Å²) in [6.45, 7) is 7.28. The van der Waals surface area contributed by atoms with Crippen LogP contribution in [-0.4, -0.2) is 48.7 Å². The third-order valence-corrected chi connectivity index (χ3v) is 4.75. The molecule has 0 saturated carbocycles. The molecule has 1 aliphatic heterocycles. The van der Waals surface area contributed by atoms with Gasteiger partial charge in [0.25, 0.3) is 0 Å². The molecule has 0 aromatic rings. The van der Waals surface area contributed by atoms with Crippen molar-refractivity contribution in [2.75, 3.05) is 32.8 Å². The van der Waals surface area contributed by atoms with Crippen molar-refractivity contribution in [2.24, 2.45) is 11.3 Å². The van der Waals surface area contributed by atoms with Gasteiger partial charge in [-0.15, -0.1) is 6.42 Å². The molecule has 20 heavy (non-hydrogen) atoms. The van der Waals surface area contributed by atoms with Gasteiger partial charge in [-0.2, -0.15) is 0 Å². The highest BCUT2D eigenvalue weighted by Crippen LogP contribution is 2.25. The Morgan fingerprint density at radius 3 is 2.45 bits per heavy atom. The van der Waals surface area contributed by atoms with Crippen molar-refractivity contribution in [3.8, 4) is 12.3 Å². The summed E-state index contributed by atoms with van der Waals surface area (Å²) in [4.78, 5) is 14.4. The number of nitrogens with zero attached hydrogens (tertiary/aromatic N) is 1. The number of amides is 1. The van der Waals surface area contributed by atoms with Gasteiger partial charge in [-0.1, -0.05) is 19.8 Å². The molecule has 0 spiro atoms. The van der Waals surface area contributed by atoms with Crippen molar-refractivity contribution in [3.63, 3.8) is 0 Å². The van der Waals surface area contributed by atoms with Crippen molar-refractivity contribution >= 4 is 5.91 Å². The van der Waals surface area contributed by atoms with E-state index in [4.69, 9.17) is 6.42 Å². The molecule has 114 valence electrons. The van der Waals surface area contributed by atoms with Crippen LogP contribution in [0.3, 0.4) is 0 Å². The first-order valence-corrected chi connectivity index (χ1v) is 7.65. The van der Waals surface area contributed by atoms with Crippen molar-refractivity contribution in [1.82, 2.24) is 10.2 Å². The van der Waals surface area contributed by atoms with Crippen molar-refractivity contribution in [1.29, 1.82) is 0 Å². The van der Waals surface area contributed by atoms with Crippen LogP contribution in [0.15, 0.2) is 0 Å². The molecule has 4 nitrogen and oxygen atoms in total. The normalized spacial score (nSPS) is 17.7. The molecule has 4 heteroatoms. The number of terminal acetylenes is 1. The van der Waals surface area contributed by atoms with Crippen LogP contribution in [0.2, 0.25) is 0 Å². The van der Waals surface area contributed by atoms with E-state index in [1.807, 2.05) is 0 Å². The summed E-state index contributed by atoms with van der Waals surface area (Å²) in [5.74, 6) is 2.87. The molecule has 0 radical (unpaired) electrons. The molecule has 0 aliphatic carbocycles. The quantitative estimate of drug-likeness (QED) is 0.690. The number of hydrogen-bond acceptors (Lipinski definition) is 3. The molecular weight excluding hydrogens is 252 g/mol. The van der Waals surface area contributed by atoms with Crippen molar-refractivity contribution in [2.45, 2.75) is 39.5 Å². The Hall–Kier alpha value is -1.05. The molecule has 1 saturated heterocycles. The summed E-state index contributed by atoms with van der Waals surface area (Å²) in [5.41, 5.74) is -0.167. The van der Waals surface area contributed by atoms with Gasteiger partial charge in [-0.25, -0.2) is 0 Å². The molecule has 2 N–H and O–H groups in total. The van der Waals surface area contributed by atoms with Crippen LogP contribution in [0.4, 0.5) is 0 Å². The Labute approximate surface area is 122 Å². The standard InChI is InChI=1S/C16H28N2O2/c1-4-9-18-10-7-14(8-11-18)15(20)17-12-16(5-2,6-3)13-19/h1,14,19H,5-13H2,2-3H3,(H,17,20). The average Bonchev–Trinajstić information content (AvgIpc) is 2.50. The van der Waals surface area contributed by atoms with Gasteiger partial charge < -0.3 is 10.4 Å². The molecule has 0 aromatic carbocycles. The van der Waals surface area contributed by atoms with Crippen LogP contribution in [0.5, 0.6) is 0 Å². The lowest BCUT2D eigenvalue weighted by Gasteiger charge is -2.33. The number of piperidine rings is 1. The fraction of sp³-hybridized carbons (Fsp3) is 0.812. The highest BCUT2D eigenvalue weighted by atomic mass is 16.3. The first-order valence-electron chi connectivity index (χ1n) is 7.65. The van der Waals surface area contributed by atoms with Gasteiger partial charge in [0.05, 0.1) is 13.2 Å². The summed E-state index contributed by atoms with van der Waals surface area (Å²) in [7, 11) is 0. The molecule has 1 rings (SSSR count). The Balaban J connectivity index is 2.39. The number of rotatable bonds is 7. The highest BCUT2D eigenvalue weighted by Gasteiger charge is 2.29. The van der Waals surface area contributed by atoms with Gasteiger partial charge in [0.1, 0.15) is 0 Å². The lowest BCUT2D eigenvalue weighted by atomic mass is 9.83. The van der Waals surface area contributed by atoms with E-state index in [1.54, 1.807) is 0 Å². The Kier molecular flexibility index (Phi) is 7.04. The molecule has 1 fully saturated rings. The van der Waals surface area contributed by atoms with E-state index < -0.39 is 0 Å². The zero-order valence-electron chi connectivity index (χ0n) is 12.8. The van der Waals surface area contributed by atoms with E-state index in [9.17, 15) is 9.90 Å². The third-order valence-electron chi connectivity index (χ3n) is 4.75. The van der Waals surface area contributed by atoms with Crippen LogP contribution in [0, 0.1) is 23.7 Å². The van der Waals surface area contributed by atoms with E-state index in [2.05, 4.69) is 30.0 Å². The number of aliphatic hydroxyl groups is 1. The van der Waals surface area contributed by atoms with Crippen LogP contribution in [0.1, 0.15) is 39.5 Å². The van der Waals surface area contributed by atoms with E-state index in [1.165, 1.54) is 0 Å². The van der Waals surface area contributed by atoms with Gasteiger partial charge in [0.15, 0.2) is 0 Å². The smallest absolute Gasteiger partial charge is 0.223 e. The van der Waals surface area contributed by atoms with Crippen LogP contribution < -0.4 is 5.32 Å². The molecule has 0 bridgehead atoms. The fourth-order valence-corrected chi connectivity index (χ4v) is 2.68. The van der Waals surface area contributed by atoms with E-state index in [0.717, 1.165) is 38.8 Å². The zero-order chi connectivity index (χ0) is 15.0. The Bertz CT molecular complexity index is 329. The Morgan fingerprint density at radius 2 is 2.00 bits per heavy atom. The number of likely N-dealkylation sites (tertiary alicyclic amines) is 1. The third kappa shape index (κ3) is 4.50. The van der Waals surface area contributed by atoms with Crippen molar-refractivity contribution in [3.05, 3.63) is 0 Å². The number of hydrogen-bond donors (Lipinski definition) is 2. The lowest BCUT2D eigenvalue weighted by Crippen LogP contribution is -2.44. The molecule has 1 aliphatic rings. The van der Waals surface area contributed by atoms with Crippen molar-refractivity contribution < 1.29 is 9.90 Å². The second kappa shape index (κ2) is 8.28. The second-order valence-corrected chi connectivity index (χ2v) is 5.84. The van der Waals surface area contributed by atoms with Gasteiger partial charge >= 0.3 is 0 Å². The predicted octanol–water partition coefficient (Wildman–Crippen LogP) is 1.25. The molecule has 0 unspecified atom stereocenters. The van der Waals surface area contributed by atoms with E-state index >= 15 is 0 Å². The largest absolute Gasteiger partial charge is 0.396 e. The minimum atomic E-state index is -0.167. The Morgan fingerprint density at radius 1 is 1.40 bits per heavy atom. The average molecular weight is 280 g/mol. The summed E-state index contributed by atoms with van der Waals surface area (Å²) in [6.07, 6.45) is 8.80. The second-order valence-electron chi connectivity index (χ2n) is 5.84. The SMILES string of the molecule is C#CCN1CCC(C(=O)NCC(CC)(CC)CO)CC1. The number of carbonyl (C=O) groups excluding carboxylic acids is 1. The summed E-state index contributed by atoms with van der Waals surface area (Å²) >= 11 is 0. The first-order chi connectivity index (χ1) is 9.60. The molecule has 0 aromatic heterocycles. The summed E-state index contributed by atoms with van der Waals surface area (Å²) in [5, 5.41) is 12.6. The lowest BCUT2D eigenvalue weighted by molar-refractivity contribution is -0.127. The first kappa shape index (κ1) is 17.0. The molecule has 1 heterocycles. The van der Waals surface area contributed by atoms with Crippen LogP contribution in [0.25, 0.3) is 0 Å². The van der Waals surface area contributed by atoms with Gasteiger partial charge in [-0.3, -0.25) is 9.69 Å². The van der Waals surface area contributed by atoms with Crippen LogP contribution in [-0.2, 0) is 4.79 Å². The summed E-state index contributed by atoms with van der Waals surface area (Å²) < 4.78 is 0. The highest BCUT2D eigenvalue weighted by molar-refractivity contribution is 5.78. The van der Waals surface area contributed by atoms with Gasteiger partial charge in [0, 0.05) is 17.9 Å². The van der Waals surface area contributed by atoms with Crippen LogP contribution >= 0.6 is 0 Å². The monoisotopic (exact) mass is 280 g/mol.